The molecule has 0 unspecified atom stereocenters. The SMILES string of the molecule is CNCCNS(=O)(=O)c1ccc(C)cc1Br.Cl. The van der Waals surface area contributed by atoms with Gasteiger partial charge in [-0.25, -0.2) is 13.1 Å². The van der Waals surface area contributed by atoms with Gasteiger partial charge in [-0.05, 0) is 47.6 Å². The number of nitrogens with one attached hydrogen (secondary N) is 2. The summed E-state index contributed by atoms with van der Waals surface area (Å²) >= 11 is 3.26. The Kier molecular flexibility index (Phi) is 7.27. The molecule has 0 atom stereocenters. The fraction of sp³-hybridized carbons (Fsp3) is 0.400. The molecule has 1 rings (SSSR count). The van der Waals surface area contributed by atoms with Crippen LogP contribution in [0.1, 0.15) is 5.56 Å². The molecule has 2 N–H and O–H groups in total. The van der Waals surface area contributed by atoms with Crippen molar-refractivity contribution < 1.29 is 8.42 Å². The average molecular weight is 344 g/mol. The number of hydrogen-bond acceptors (Lipinski definition) is 3. The molecular weight excluding hydrogens is 328 g/mol. The molecule has 0 aliphatic rings. The summed E-state index contributed by atoms with van der Waals surface area (Å²) in [6.45, 7) is 2.89. The zero-order valence-corrected chi connectivity index (χ0v) is 12.9. The summed E-state index contributed by atoms with van der Waals surface area (Å²) < 4.78 is 26.8. The van der Waals surface area contributed by atoms with Crippen molar-refractivity contribution >= 4 is 38.4 Å². The van der Waals surface area contributed by atoms with Gasteiger partial charge in [-0.15, -0.1) is 12.4 Å². The van der Waals surface area contributed by atoms with Crippen LogP contribution in [0.15, 0.2) is 27.6 Å². The zero-order chi connectivity index (χ0) is 12.2. The molecule has 0 aromatic heterocycles. The molecule has 0 heterocycles. The van der Waals surface area contributed by atoms with Gasteiger partial charge in [0.25, 0.3) is 0 Å². The molecule has 7 heteroatoms. The Morgan fingerprint density at radius 1 is 1.29 bits per heavy atom. The first-order valence-electron chi connectivity index (χ1n) is 4.88. The van der Waals surface area contributed by atoms with Crippen LogP contribution in [0.5, 0.6) is 0 Å². The van der Waals surface area contributed by atoms with Gasteiger partial charge < -0.3 is 5.32 Å². The molecule has 0 bridgehead atoms. The third kappa shape index (κ3) is 4.93. The van der Waals surface area contributed by atoms with E-state index in [1.807, 2.05) is 6.92 Å². The second kappa shape index (κ2) is 7.33. The van der Waals surface area contributed by atoms with Crippen LogP contribution < -0.4 is 10.0 Å². The lowest BCUT2D eigenvalue weighted by Crippen LogP contribution is -2.30. The Bertz CT molecular complexity index is 465. The molecule has 0 amide bonds. The summed E-state index contributed by atoms with van der Waals surface area (Å²) in [5.74, 6) is 0. The van der Waals surface area contributed by atoms with Gasteiger partial charge in [0, 0.05) is 17.6 Å². The number of rotatable bonds is 5. The maximum absolute atomic E-state index is 11.9. The van der Waals surface area contributed by atoms with Crippen molar-refractivity contribution in [2.45, 2.75) is 11.8 Å². The van der Waals surface area contributed by atoms with Crippen LogP contribution >= 0.6 is 28.3 Å². The standard InChI is InChI=1S/C10H15BrN2O2S.ClH/c1-8-3-4-10(9(11)7-8)16(14,15)13-6-5-12-2;/h3-4,7,12-13H,5-6H2,1-2H3;1H. The van der Waals surface area contributed by atoms with Gasteiger partial charge in [0.2, 0.25) is 10.0 Å². The van der Waals surface area contributed by atoms with Gasteiger partial charge in [0.05, 0.1) is 4.90 Å². The monoisotopic (exact) mass is 342 g/mol. The third-order valence-electron chi connectivity index (χ3n) is 2.04. The fourth-order valence-corrected chi connectivity index (χ4v) is 3.43. The van der Waals surface area contributed by atoms with Crippen molar-refractivity contribution in [2.75, 3.05) is 20.1 Å². The van der Waals surface area contributed by atoms with E-state index < -0.39 is 10.0 Å². The van der Waals surface area contributed by atoms with E-state index in [9.17, 15) is 8.42 Å². The number of sulfonamides is 1. The molecule has 1 aromatic rings. The van der Waals surface area contributed by atoms with Crippen LogP contribution in [0.4, 0.5) is 0 Å². The van der Waals surface area contributed by atoms with E-state index in [0.717, 1.165) is 5.56 Å². The van der Waals surface area contributed by atoms with Gasteiger partial charge in [0.15, 0.2) is 0 Å². The molecule has 98 valence electrons. The Labute approximate surface area is 117 Å². The van der Waals surface area contributed by atoms with Crippen LogP contribution in [0, 0.1) is 6.92 Å². The molecule has 17 heavy (non-hydrogen) atoms. The summed E-state index contributed by atoms with van der Waals surface area (Å²) in [5.41, 5.74) is 1.01. The number of hydrogen-bond donors (Lipinski definition) is 2. The van der Waals surface area contributed by atoms with Gasteiger partial charge in [0.1, 0.15) is 0 Å². The topological polar surface area (TPSA) is 58.2 Å². The van der Waals surface area contributed by atoms with Crippen molar-refractivity contribution in [3.05, 3.63) is 28.2 Å². The molecule has 1 aromatic carbocycles. The minimum Gasteiger partial charge on any atom is -0.318 e. The zero-order valence-electron chi connectivity index (χ0n) is 9.66. The first kappa shape index (κ1) is 16.9. The first-order valence-corrected chi connectivity index (χ1v) is 7.15. The van der Waals surface area contributed by atoms with Gasteiger partial charge in [-0.2, -0.15) is 0 Å². The minimum absolute atomic E-state index is 0. The van der Waals surface area contributed by atoms with Crippen molar-refractivity contribution in [3.63, 3.8) is 0 Å². The summed E-state index contributed by atoms with van der Waals surface area (Å²) in [6.07, 6.45) is 0. The van der Waals surface area contributed by atoms with Gasteiger partial charge in [-0.3, -0.25) is 0 Å². The Balaban J connectivity index is 0.00000256. The second-order valence-corrected chi connectivity index (χ2v) is 6.02. The van der Waals surface area contributed by atoms with Crippen molar-refractivity contribution in [2.24, 2.45) is 0 Å². The van der Waals surface area contributed by atoms with E-state index >= 15 is 0 Å². The van der Waals surface area contributed by atoms with E-state index in [2.05, 4.69) is 26.0 Å². The van der Waals surface area contributed by atoms with Crippen molar-refractivity contribution in [3.8, 4) is 0 Å². The minimum atomic E-state index is -3.42. The summed E-state index contributed by atoms with van der Waals surface area (Å²) in [6, 6.07) is 5.16. The smallest absolute Gasteiger partial charge is 0.241 e. The maximum atomic E-state index is 11.9. The number of aryl methyl sites for hydroxylation is 1. The average Bonchev–Trinajstić information content (AvgIpc) is 2.17. The molecule has 0 aliphatic heterocycles. The van der Waals surface area contributed by atoms with Gasteiger partial charge in [-0.1, -0.05) is 6.07 Å². The molecule has 4 nitrogen and oxygen atoms in total. The van der Waals surface area contributed by atoms with E-state index in [4.69, 9.17) is 0 Å². The van der Waals surface area contributed by atoms with Crippen LogP contribution in [0.25, 0.3) is 0 Å². The Morgan fingerprint density at radius 3 is 2.47 bits per heavy atom. The maximum Gasteiger partial charge on any atom is 0.241 e. The molecule has 0 saturated carbocycles. The highest BCUT2D eigenvalue weighted by Gasteiger charge is 2.16. The fourth-order valence-electron chi connectivity index (χ4n) is 1.21. The highest BCUT2D eigenvalue weighted by atomic mass is 79.9. The highest BCUT2D eigenvalue weighted by Crippen LogP contribution is 2.22. The normalized spacial score (nSPS) is 11.0. The number of benzene rings is 1. The predicted molar refractivity (Wildman–Crippen MR) is 75.2 cm³/mol. The van der Waals surface area contributed by atoms with Crippen molar-refractivity contribution in [1.29, 1.82) is 0 Å². The predicted octanol–water partition coefficient (Wildman–Crippen LogP) is 1.68. The number of likely N-dealkylation sites (N-methyl/N-ethyl adjacent to an activating group) is 1. The molecule has 0 spiro atoms. The van der Waals surface area contributed by atoms with E-state index in [1.165, 1.54) is 0 Å². The van der Waals surface area contributed by atoms with Crippen LogP contribution in [-0.4, -0.2) is 28.6 Å². The van der Waals surface area contributed by atoms with Crippen molar-refractivity contribution in [1.82, 2.24) is 10.0 Å². The number of halogens is 2. The third-order valence-corrected chi connectivity index (χ3v) is 4.48. The summed E-state index contributed by atoms with van der Waals surface area (Å²) in [5, 5.41) is 2.88. The molecular formula is C10H16BrClN2O2S. The Hall–Kier alpha value is -0.140. The Morgan fingerprint density at radius 2 is 1.94 bits per heavy atom. The van der Waals surface area contributed by atoms with Crippen LogP contribution in [0.2, 0.25) is 0 Å². The first-order chi connectivity index (χ1) is 7.47. The van der Waals surface area contributed by atoms with Gasteiger partial charge >= 0.3 is 0 Å². The quantitative estimate of drug-likeness (QED) is 0.800. The lowest BCUT2D eigenvalue weighted by atomic mass is 10.2. The molecule has 0 fully saturated rings. The summed E-state index contributed by atoms with van der Waals surface area (Å²) in [4.78, 5) is 0.272. The van der Waals surface area contributed by atoms with E-state index in [0.29, 0.717) is 17.6 Å². The van der Waals surface area contributed by atoms with E-state index in [1.54, 1.807) is 25.2 Å². The second-order valence-electron chi connectivity index (χ2n) is 3.44. The van der Waals surface area contributed by atoms with Crippen LogP contribution in [0.3, 0.4) is 0 Å². The van der Waals surface area contributed by atoms with Crippen LogP contribution in [-0.2, 0) is 10.0 Å². The lowest BCUT2D eigenvalue weighted by molar-refractivity contribution is 0.579. The van der Waals surface area contributed by atoms with E-state index in [-0.39, 0.29) is 17.3 Å². The molecule has 0 saturated heterocycles. The molecule has 0 radical (unpaired) electrons. The summed E-state index contributed by atoms with van der Waals surface area (Å²) in [7, 11) is -1.64. The highest BCUT2D eigenvalue weighted by molar-refractivity contribution is 9.10. The molecule has 0 aliphatic carbocycles. The lowest BCUT2D eigenvalue weighted by Gasteiger charge is -2.08. The largest absolute Gasteiger partial charge is 0.318 e.